The molecule has 14 heavy (non-hydrogen) atoms. The van der Waals surface area contributed by atoms with Crippen molar-refractivity contribution in [3.05, 3.63) is 0 Å². The van der Waals surface area contributed by atoms with E-state index in [1.54, 1.807) is 0 Å². The number of imide groups is 1. The highest BCUT2D eigenvalue weighted by molar-refractivity contribution is 5.96. The Hall–Kier alpha value is -1.63. The van der Waals surface area contributed by atoms with Gasteiger partial charge in [0, 0.05) is 6.92 Å². The van der Waals surface area contributed by atoms with Crippen molar-refractivity contribution < 1.29 is 24.0 Å². The largest absolute Gasteiger partial charge is 0.451 e. The summed E-state index contributed by atoms with van der Waals surface area (Å²) in [5.74, 6) is -0.995. The topological polar surface area (TPSA) is 84.9 Å². The zero-order chi connectivity index (χ0) is 10.7. The van der Waals surface area contributed by atoms with Gasteiger partial charge in [-0.3, -0.25) is 14.4 Å². The standard InChI is InChI=1S/C7H10N2O5/c1-4(10)8-5-3-14-9(6(5)11)7(12)13-2/h5H,3H2,1-2H3,(H,8,10)/t5-/m1/s1. The van der Waals surface area contributed by atoms with E-state index in [0.717, 1.165) is 7.11 Å². The number of methoxy groups -OCH3 is 1. The molecule has 0 aromatic heterocycles. The Morgan fingerprint density at radius 3 is 2.79 bits per heavy atom. The quantitative estimate of drug-likeness (QED) is 0.591. The minimum absolute atomic E-state index is 0.0620. The van der Waals surface area contributed by atoms with Crippen LogP contribution in [0.1, 0.15) is 6.92 Å². The number of hydrogen-bond donors (Lipinski definition) is 1. The van der Waals surface area contributed by atoms with Gasteiger partial charge in [-0.25, -0.2) is 4.79 Å². The highest BCUT2D eigenvalue weighted by atomic mass is 16.7. The third-order valence-electron chi connectivity index (χ3n) is 1.59. The second kappa shape index (κ2) is 4.05. The van der Waals surface area contributed by atoms with Crippen molar-refractivity contribution in [1.29, 1.82) is 0 Å². The van der Waals surface area contributed by atoms with Gasteiger partial charge in [0.05, 0.1) is 7.11 Å². The van der Waals surface area contributed by atoms with Crippen LogP contribution in [0, 0.1) is 0 Å². The van der Waals surface area contributed by atoms with E-state index in [1.165, 1.54) is 6.92 Å². The Balaban J connectivity index is 2.60. The summed E-state index contributed by atoms with van der Waals surface area (Å²) in [6.07, 6.45) is -0.900. The number of nitrogens with zero attached hydrogens (tertiary/aromatic N) is 1. The van der Waals surface area contributed by atoms with Crippen molar-refractivity contribution in [1.82, 2.24) is 10.4 Å². The number of amides is 3. The van der Waals surface area contributed by atoms with Crippen LogP contribution in [0.5, 0.6) is 0 Å². The molecule has 0 aromatic rings. The normalized spacial score (nSPS) is 20.9. The van der Waals surface area contributed by atoms with Gasteiger partial charge in [-0.2, -0.15) is 0 Å². The number of nitrogens with one attached hydrogen (secondary N) is 1. The predicted molar refractivity (Wildman–Crippen MR) is 42.8 cm³/mol. The number of hydroxylamine groups is 2. The van der Waals surface area contributed by atoms with Crippen LogP contribution in [0.2, 0.25) is 0 Å². The molecular formula is C7H10N2O5. The van der Waals surface area contributed by atoms with Crippen LogP contribution in [-0.2, 0) is 19.2 Å². The molecule has 1 rings (SSSR count). The van der Waals surface area contributed by atoms with Gasteiger partial charge < -0.3 is 10.1 Å². The van der Waals surface area contributed by atoms with Crippen LogP contribution < -0.4 is 5.32 Å². The average molecular weight is 202 g/mol. The molecule has 1 N–H and O–H groups in total. The van der Waals surface area contributed by atoms with Gasteiger partial charge >= 0.3 is 6.09 Å². The van der Waals surface area contributed by atoms with Gasteiger partial charge in [0.15, 0.2) is 0 Å². The van der Waals surface area contributed by atoms with Crippen molar-refractivity contribution in [2.24, 2.45) is 0 Å². The van der Waals surface area contributed by atoms with Crippen LogP contribution in [0.25, 0.3) is 0 Å². The molecule has 1 aliphatic rings. The number of ether oxygens (including phenoxy) is 1. The van der Waals surface area contributed by atoms with Crippen LogP contribution >= 0.6 is 0 Å². The fourth-order valence-corrected chi connectivity index (χ4v) is 1.000. The maximum atomic E-state index is 11.3. The van der Waals surface area contributed by atoms with Crippen molar-refractivity contribution >= 4 is 17.9 Å². The Labute approximate surface area is 79.9 Å². The van der Waals surface area contributed by atoms with Gasteiger partial charge in [0.1, 0.15) is 12.6 Å². The Bertz CT molecular complexity index is 277. The predicted octanol–water partition coefficient (Wildman–Crippen LogP) is -0.969. The van der Waals surface area contributed by atoms with Gasteiger partial charge in [-0.15, -0.1) is 5.06 Å². The molecule has 1 fully saturated rings. The van der Waals surface area contributed by atoms with E-state index in [9.17, 15) is 14.4 Å². The van der Waals surface area contributed by atoms with Gasteiger partial charge in [0.25, 0.3) is 5.91 Å². The van der Waals surface area contributed by atoms with E-state index < -0.39 is 18.0 Å². The summed E-state index contributed by atoms with van der Waals surface area (Å²) in [4.78, 5) is 37.6. The second-order valence-corrected chi connectivity index (χ2v) is 2.65. The van der Waals surface area contributed by atoms with E-state index >= 15 is 0 Å². The third-order valence-corrected chi connectivity index (χ3v) is 1.59. The van der Waals surface area contributed by atoms with Crippen molar-refractivity contribution in [3.8, 4) is 0 Å². The van der Waals surface area contributed by atoms with E-state index in [1.807, 2.05) is 0 Å². The summed E-state index contributed by atoms with van der Waals surface area (Å²) in [6.45, 7) is 1.21. The number of carbonyl (C=O) groups is 3. The highest BCUT2D eigenvalue weighted by Crippen LogP contribution is 2.08. The van der Waals surface area contributed by atoms with Crippen LogP contribution in [0.4, 0.5) is 4.79 Å². The zero-order valence-corrected chi connectivity index (χ0v) is 7.77. The molecule has 7 nitrogen and oxygen atoms in total. The lowest BCUT2D eigenvalue weighted by Gasteiger charge is -2.10. The molecule has 1 aliphatic heterocycles. The SMILES string of the molecule is COC(=O)N1OC[C@@H](NC(C)=O)C1=O. The number of carbonyl (C=O) groups excluding carboxylic acids is 3. The maximum Gasteiger partial charge on any atom is 0.441 e. The maximum absolute atomic E-state index is 11.3. The van der Waals surface area contributed by atoms with Gasteiger partial charge in [0.2, 0.25) is 5.91 Å². The van der Waals surface area contributed by atoms with E-state index in [4.69, 9.17) is 4.84 Å². The Morgan fingerprint density at radius 1 is 1.64 bits per heavy atom. The molecule has 78 valence electrons. The molecule has 0 saturated carbocycles. The fourth-order valence-electron chi connectivity index (χ4n) is 1.000. The van der Waals surface area contributed by atoms with Crippen molar-refractivity contribution in [3.63, 3.8) is 0 Å². The van der Waals surface area contributed by atoms with Crippen LogP contribution in [0.3, 0.4) is 0 Å². The number of rotatable bonds is 1. The molecule has 0 bridgehead atoms. The van der Waals surface area contributed by atoms with E-state index in [-0.39, 0.29) is 12.5 Å². The number of hydrogen-bond acceptors (Lipinski definition) is 5. The smallest absolute Gasteiger partial charge is 0.441 e. The lowest BCUT2D eigenvalue weighted by Crippen LogP contribution is -2.43. The first kappa shape index (κ1) is 10.5. The minimum atomic E-state index is -0.900. The molecule has 0 spiro atoms. The first-order chi connectivity index (χ1) is 6.56. The summed E-state index contributed by atoms with van der Waals surface area (Å²) >= 11 is 0. The first-order valence-electron chi connectivity index (χ1n) is 3.88. The van der Waals surface area contributed by atoms with Crippen molar-refractivity contribution in [2.45, 2.75) is 13.0 Å². The third kappa shape index (κ3) is 1.99. The summed E-state index contributed by atoms with van der Waals surface area (Å²) < 4.78 is 4.29. The molecule has 7 heteroatoms. The molecule has 1 atom stereocenters. The molecule has 0 aromatic carbocycles. The molecule has 3 amide bonds. The zero-order valence-electron chi connectivity index (χ0n) is 7.77. The van der Waals surface area contributed by atoms with Crippen LogP contribution in [-0.4, -0.2) is 42.7 Å². The lowest BCUT2D eigenvalue weighted by atomic mass is 10.3. The molecule has 0 radical (unpaired) electrons. The highest BCUT2D eigenvalue weighted by Gasteiger charge is 2.38. The summed E-state index contributed by atoms with van der Waals surface area (Å²) in [5, 5.41) is 2.82. The van der Waals surface area contributed by atoms with E-state index in [2.05, 4.69) is 10.1 Å². The molecule has 1 heterocycles. The molecule has 1 saturated heterocycles. The fraction of sp³-hybridized carbons (Fsp3) is 0.571. The lowest BCUT2D eigenvalue weighted by molar-refractivity contribution is -0.152. The molecular weight excluding hydrogens is 192 g/mol. The van der Waals surface area contributed by atoms with E-state index in [0.29, 0.717) is 5.06 Å². The molecule has 0 unspecified atom stereocenters. The summed E-state index contributed by atoms with van der Waals surface area (Å²) in [7, 11) is 1.13. The summed E-state index contributed by atoms with van der Waals surface area (Å²) in [6, 6.07) is -0.813. The monoisotopic (exact) mass is 202 g/mol. The second-order valence-electron chi connectivity index (χ2n) is 2.65. The van der Waals surface area contributed by atoms with Crippen LogP contribution in [0.15, 0.2) is 0 Å². The Kier molecular flexibility index (Phi) is 3.03. The Morgan fingerprint density at radius 2 is 2.29 bits per heavy atom. The molecule has 0 aliphatic carbocycles. The van der Waals surface area contributed by atoms with Crippen molar-refractivity contribution in [2.75, 3.05) is 13.7 Å². The average Bonchev–Trinajstić information content (AvgIpc) is 2.46. The first-order valence-corrected chi connectivity index (χ1v) is 3.88. The summed E-state index contributed by atoms with van der Waals surface area (Å²) in [5.41, 5.74) is 0. The minimum Gasteiger partial charge on any atom is -0.451 e. The van der Waals surface area contributed by atoms with Gasteiger partial charge in [-0.05, 0) is 0 Å². The van der Waals surface area contributed by atoms with Gasteiger partial charge in [-0.1, -0.05) is 0 Å².